The van der Waals surface area contributed by atoms with Gasteiger partial charge in [0.15, 0.2) is 0 Å². The van der Waals surface area contributed by atoms with Crippen LogP contribution in [0.2, 0.25) is 0 Å². The number of nitrogens with zero attached hydrogens (tertiary/aromatic N) is 1. The van der Waals surface area contributed by atoms with Gasteiger partial charge in [0.25, 0.3) is 6.71 Å². The van der Waals surface area contributed by atoms with Crippen molar-refractivity contribution in [3.8, 4) is 11.5 Å². The number of benzene rings is 5. The molecule has 2 aliphatic heterocycles. The van der Waals surface area contributed by atoms with Gasteiger partial charge in [-0.25, -0.2) is 0 Å². The van der Waals surface area contributed by atoms with Gasteiger partial charge < -0.3 is 9.64 Å². The quantitative estimate of drug-likeness (QED) is 0.294. The molecule has 4 heteroatoms. The second-order valence-electron chi connectivity index (χ2n) is 8.57. The number of para-hydroxylation sites is 2. The van der Waals surface area contributed by atoms with Gasteiger partial charge in [0.1, 0.15) is 11.5 Å². The molecule has 0 saturated carbocycles. The van der Waals surface area contributed by atoms with E-state index in [1.807, 2.05) is 11.8 Å². The third kappa shape index (κ3) is 3.07. The van der Waals surface area contributed by atoms with Gasteiger partial charge in [-0.3, -0.25) is 0 Å². The van der Waals surface area contributed by atoms with Crippen LogP contribution in [0.15, 0.2) is 131 Å². The van der Waals surface area contributed by atoms with Crippen LogP contribution < -0.4 is 26.0 Å². The Balaban J connectivity index is 1.41. The lowest BCUT2D eigenvalue weighted by atomic mass is 9.35. The van der Waals surface area contributed by atoms with E-state index in [2.05, 4.69) is 126 Å². The molecule has 0 N–H and O–H groups in total. The molecule has 2 heterocycles. The van der Waals surface area contributed by atoms with Gasteiger partial charge in [-0.2, -0.15) is 0 Å². The summed E-state index contributed by atoms with van der Waals surface area (Å²) in [5.41, 5.74) is 7.17. The summed E-state index contributed by atoms with van der Waals surface area (Å²) < 4.78 is 6.56. The van der Waals surface area contributed by atoms with E-state index in [1.165, 1.54) is 26.2 Å². The summed E-state index contributed by atoms with van der Waals surface area (Å²) in [7, 11) is 0. The van der Waals surface area contributed by atoms with E-state index < -0.39 is 0 Å². The first-order chi connectivity index (χ1) is 16.9. The zero-order valence-corrected chi connectivity index (χ0v) is 19.2. The van der Waals surface area contributed by atoms with E-state index in [9.17, 15) is 0 Å². The predicted octanol–water partition coefficient (Wildman–Crippen LogP) is 6.24. The fourth-order valence-corrected chi connectivity index (χ4v) is 6.27. The number of hydrogen-bond acceptors (Lipinski definition) is 3. The van der Waals surface area contributed by atoms with Gasteiger partial charge in [-0.15, -0.1) is 0 Å². The molecule has 5 aromatic carbocycles. The van der Waals surface area contributed by atoms with E-state index in [0.717, 1.165) is 28.6 Å². The van der Waals surface area contributed by atoms with Crippen molar-refractivity contribution in [2.24, 2.45) is 0 Å². The van der Waals surface area contributed by atoms with Gasteiger partial charge in [-0.1, -0.05) is 84.0 Å². The van der Waals surface area contributed by atoms with Crippen molar-refractivity contribution < 1.29 is 4.74 Å². The molecule has 0 atom stereocenters. The predicted molar refractivity (Wildman–Crippen MR) is 143 cm³/mol. The molecule has 0 spiro atoms. The molecule has 2 aliphatic rings. The highest BCUT2D eigenvalue weighted by molar-refractivity contribution is 8.00. The number of ether oxygens (including phenoxy) is 1. The van der Waals surface area contributed by atoms with E-state index in [1.54, 1.807) is 0 Å². The minimum atomic E-state index is 0.184. The van der Waals surface area contributed by atoms with E-state index in [4.69, 9.17) is 4.74 Å². The second kappa shape index (κ2) is 7.86. The molecule has 34 heavy (non-hydrogen) atoms. The molecule has 0 fully saturated rings. The number of rotatable bonds is 3. The van der Waals surface area contributed by atoms with Gasteiger partial charge >= 0.3 is 0 Å². The normalized spacial score (nSPS) is 12.8. The maximum Gasteiger partial charge on any atom is 0.253 e. The first kappa shape index (κ1) is 19.6. The van der Waals surface area contributed by atoms with Crippen LogP contribution in [0.3, 0.4) is 0 Å². The smallest absolute Gasteiger partial charge is 0.253 e. The highest BCUT2D eigenvalue weighted by atomic mass is 32.2. The minimum Gasteiger partial charge on any atom is -0.458 e. The van der Waals surface area contributed by atoms with Crippen molar-refractivity contribution in [1.29, 1.82) is 0 Å². The Kier molecular flexibility index (Phi) is 4.52. The SMILES string of the molecule is c1ccc(N(c2ccccc2)c2ccc3c(c2)Oc2cccc4c2B3c2ccccc2S4)cc1. The molecule has 0 bridgehead atoms. The summed E-state index contributed by atoms with van der Waals surface area (Å²) in [4.78, 5) is 4.88. The molecule has 0 amide bonds. The molecular formula is C30H20BNOS. The van der Waals surface area contributed by atoms with Crippen molar-refractivity contribution in [2.75, 3.05) is 4.90 Å². The standard InChI is InChI=1S/C30H20BNOS/c1-3-10-21(11-4-1)32(22-12-5-2-6-13-22)23-18-19-24-27(20-23)33-26-15-9-17-29-30(26)31(24)25-14-7-8-16-28(25)34-29/h1-20H. The maximum absolute atomic E-state index is 6.56. The number of fused-ring (bicyclic) bond motifs is 4. The lowest BCUT2D eigenvalue weighted by Gasteiger charge is -2.33. The van der Waals surface area contributed by atoms with Crippen LogP contribution in [0, 0.1) is 0 Å². The molecule has 2 nitrogen and oxygen atoms in total. The van der Waals surface area contributed by atoms with Crippen LogP contribution in [0.4, 0.5) is 17.1 Å². The first-order valence-corrected chi connectivity index (χ1v) is 12.3. The Hall–Kier alpha value is -3.89. The van der Waals surface area contributed by atoms with Crippen molar-refractivity contribution in [3.63, 3.8) is 0 Å². The van der Waals surface area contributed by atoms with Gasteiger partial charge in [-0.05, 0) is 59.5 Å². The average Bonchev–Trinajstić information content (AvgIpc) is 2.90. The lowest BCUT2D eigenvalue weighted by Crippen LogP contribution is -2.57. The highest BCUT2D eigenvalue weighted by Gasteiger charge is 2.38. The van der Waals surface area contributed by atoms with Gasteiger partial charge in [0.2, 0.25) is 0 Å². The number of hydrogen-bond donors (Lipinski definition) is 0. The molecule has 0 aliphatic carbocycles. The van der Waals surface area contributed by atoms with Crippen LogP contribution in [0.25, 0.3) is 0 Å². The maximum atomic E-state index is 6.56. The Bertz CT molecular complexity index is 1480. The Labute approximate surface area is 203 Å². The Morgan fingerprint density at radius 2 is 1.21 bits per heavy atom. The molecule has 5 aromatic rings. The van der Waals surface area contributed by atoms with Crippen molar-refractivity contribution in [2.45, 2.75) is 9.79 Å². The van der Waals surface area contributed by atoms with Crippen LogP contribution in [-0.2, 0) is 0 Å². The van der Waals surface area contributed by atoms with Gasteiger partial charge in [0.05, 0.1) is 0 Å². The van der Waals surface area contributed by atoms with Crippen molar-refractivity contribution in [3.05, 3.63) is 121 Å². The van der Waals surface area contributed by atoms with E-state index >= 15 is 0 Å². The fraction of sp³-hybridized carbons (Fsp3) is 0. The van der Waals surface area contributed by atoms with E-state index in [-0.39, 0.29) is 6.71 Å². The summed E-state index contributed by atoms with van der Waals surface area (Å²) in [6.45, 7) is 0.184. The first-order valence-electron chi connectivity index (χ1n) is 11.5. The zero-order valence-electron chi connectivity index (χ0n) is 18.4. The van der Waals surface area contributed by atoms with Crippen LogP contribution >= 0.6 is 11.8 Å². The lowest BCUT2D eigenvalue weighted by molar-refractivity contribution is 0.486. The van der Waals surface area contributed by atoms with Gasteiger partial charge in [0, 0.05) is 32.9 Å². The minimum absolute atomic E-state index is 0.184. The Morgan fingerprint density at radius 1 is 0.529 bits per heavy atom. The van der Waals surface area contributed by atoms with Crippen LogP contribution in [-0.4, -0.2) is 6.71 Å². The molecule has 160 valence electrons. The second-order valence-corrected chi connectivity index (χ2v) is 9.66. The molecule has 0 aromatic heterocycles. The molecule has 0 saturated heterocycles. The van der Waals surface area contributed by atoms with Crippen molar-refractivity contribution >= 4 is 51.9 Å². The van der Waals surface area contributed by atoms with E-state index in [0.29, 0.717) is 0 Å². The summed E-state index contributed by atoms with van der Waals surface area (Å²) in [5.74, 6) is 1.88. The third-order valence-corrected chi connectivity index (χ3v) is 7.75. The number of anilines is 3. The molecule has 7 rings (SSSR count). The monoisotopic (exact) mass is 453 g/mol. The highest BCUT2D eigenvalue weighted by Crippen LogP contribution is 2.40. The summed E-state index contributed by atoms with van der Waals surface area (Å²) in [5, 5.41) is 0. The summed E-state index contributed by atoms with van der Waals surface area (Å²) in [6.07, 6.45) is 0. The van der Waals surface area contributed by atoms with Crippen LogP contribution in [0.5, 0.6) is 11.5 Å². The largest absolute Gasteiger partial charge is 0.458 e. The average molecular weight is 453 g/mol. The third-order valence-electron chi connectivity index (χ3n) is 6.58. The molecule has 0 radical (unpaired) electrons. The fourth-order valence-electron chi connectivity index (χ4n) is 5.10. The Morgan fingerprint density at radius 3 is 1.97 bits per heavy atom. The molecular weight excluding hydrogens is 433 g/mol. The molecule has 0 unspecified atom stereocenters. The summed E-state index contributed by atoms with van der Waals surface area (Å²) >= 11 is 1.84. The zero-order chi connectivity index (χ0) is 22.5. The van der Waals surface area contributed by atoms with Crippen molar-refractivity contribution in [1.82, 2.24) is 0 Å². The topological polar surface area (TPSA) is 12.5 Å². The van der Waals surface area contributed by atoms with Crippen LogP contribution in [0.1, 0.15) is 0 Å². The summed E-state index contributed by atoms with van der Waals surface area (Å²) in [6, 6.07) is 42.8.